The molecule has 0 heterocycles. The highest BCUT2D eigenvalue weighted by atomic mass is 35.5. The van der Waals surface area contributed by atoms with Crippen molar-refractivity contribution < 1.29 is 27.5 Å². The lowest BCUT2D eigenvalue weighted by Gasteiger charge is -2.33. The molecule has 0 radical (unpaired) electrons. The summed E-state index contributed by atoms with van der Waals surface area (Å²) in [4.78, 5) is 29.2. The van der Waals surface area contributed by atoms with Crippen LogP contribution in [0.3, 0.4) is 0 Å². The molecule has 3 rings (SSSR count). The average Bonchev–Trinajstić information content (AvgIpc) is 2.97. The summed E-state index contributed by atoms with van der Waals surface area (Å²) in [6.45, 7) is 1.71. The first-order chi connectivity index (χ1) is 20.0. The third-order valence-corrected chi connectivity index (χ3v) is 8.36. The molecule has 0 bridgehead atoms. The number of carbonyl (C=O) groups is 2. The van der Waals surface area contributed by atoms with Gasteiger partial charge in [0.1, 0.15) is 24.1 Å². The van der Waals surface area contributed by atoms with Crippen LogP contribution in [-0.4, -0.2) is 64.7 Å². The van der Waals surface area contributed by atoms with Gasteiger partial charge in [-0.25, -0.2) is 8.42 Å². The summed E-state index contributed by atoms with van der Waals surface area (Å²) in [6, 6.07) is 17.9. The van der Waals surface area contributed by atoms with E-state index in [-0.39, 0.29) is 35.3 Å². The van der Waals surface area contributed by atoms with Crippen molar-refractivity contribution in [3.8, 4) is 11.5 Å². The molecule has 0 spiro atoms. The smallest absolute Gasteiger partial charge is 0.244 e. The molecule has 3 aromatic rings. The number of anilines is 1. The van der Waals surface area contributed by atoms with E-state index in [2.05, 4.69) is 5.32 Å². The van der Waals surface area contributed by atoms with Gasteiger partial charge < -0.3 is 19.7 Å². The van der Waals surface area contributed by atoms with Gasteiger partial charge in [0.15, 0.2) is 0 Å². The van der Waals surface area contributed by atoms with Gasteiger partial charge in [0.2, 0.25) is 21.8 Å². The number of nitrogens with one attached hydrogen (secondary N) is 1. The molecule has 0 saturated heterocycles. The molecule has 1 N–H and O–H groups in total. The van der Waals surface area contributed by atoms with Crippen LogP contribution in [0.5, 0.6) is 11.5 Å². The summed E-state index contributed by atoms with van der Waals surface area (Å²) in [7, 11) is -1.15. The van der Waals surface area contributed by atoms with Crippen LogP contribution in [0.2, 0.25) is 10.0 Å². The molecule has 1 atom stereocenters. The molecule has 0 fully saturated rings. The van der Waals surface area contributed by atoms with Crippen LogP contribution < -0.4 is 19.1 Å². The van der Waals surface area contributed by atoms with Crippen molar-refractivity contribution in [3.63, 3.8) is 0 Å². The minimum atomic E-state index is -4.00. The summed E-state index contributed by atoms with van der Waals surface area (Å²) in [5, 5.41) is 3.52. The number of rotatable bonds is 14. The molecule has 226 valence electrons. The molecule has 2 amide bonds. The lowest BCUT2D eigenvalue weighted by atomic mass is 10.0. The van der Waals surface area contributed by atoms with Crippen LogP contribution in [0.25, 0.3) is 0 Å². The van der Waals surface area contributed by atoms with Crippen LogP contribution in [0.15, 0.2) is 66.7 Å². The third kappa shape index (κ3) is 8.77. The van der Waals surface area contributed by atoms with Crippen molar-refractivity contribution in [2.75, 3.05) is 37.9 Å². The van der Waals surface area contributed by atoms with E-state index < -0.39 is 28.5 Å². The molecule has 0 aliphatic heterocycles. The highest BCUT2D eigenvalue weighted by molar-refractivity contribution is 7.92. The van der Waals surface area contributed by atoms with E-state index in [0.717, 1.165) is 16.1 Å². The molecular formula is C30H35Cl2N3O6S. The predicted octanol–water partition coefficient (Wildman–Crippen LogP) is 4.94. The monoisotopic (exact) mass is 635 g/mol. The van der Waals surface area contributed by atoms with Gasteiger partial charge >= 0.3 is 0 Å². The van der Waals surface area contributed by atoms with Crippen molar-refractivity contribution in [3.05, 3.63) is 87.9 Å². The Labute approximate surface area is 257 Å². The van der Waals surface area contributed by atoms with E-state index in [1.807, 2.05) is 37.3 Å². The highest BCUT2D eigenvalue weighted by Gasteiger charge is 2.34. The number of benzene rings is 3. The summed E-state index contributed by atoms with van der Waals surface area (Å²) in [5.41, 5.74) is 1.57. The number of halogens is 2. The molecular weight excluding hydrogens is 601 g/mol. The zero-order valence-electron chi connectivity index (χ0n) is 24.0. The Morgan fingerprint density at radius 2 is 1.64 bits per heavy atom. The predicted molar refractivity (Wildman–Crippen MR) is 166 cm³/mol. The van der Waals surface area contributed by atoms with Crippen LogP contribution in [0, 0.1) is 0 Å². The molecule has 12 heteroatoms. The quantitative estimate of drug-likeness (QED) is 0.269. The molecule has 0 aliphatic rings. The van der Waals surface area contributed by atoms with Crippen molar-refractivity contribution in [1.29, 1.82) is 0 Å². The van der Waals surface area contributed by atoms with Gasteiger partial charge in [0.25, 0.3) is 0 Å². The van der Waals surface area contributed by atoms with E-state index in [1.165, 1.54) is 25.2 Å². The van der Waals surface area contributed by atoms with E-state index in [1.54, 1.807) is 30.3 Å². The average molecular weight is 637 g/mol. The Hall–Kier alpha value is -3.47. The summed E-state index contributed by atoms with van der Waals surface area (Å²) in [6.07, 6.45) is 1.89. The Morgan fingerprint density at radius 1 is 0.929 bits per heavy atom. The number of sulfonamides is 1. The molecule has 0 aromatic heterocycles. The fourth-order valence-corrected chi connectivity index (χ4v) is 5.51. The first-order valence-corrected chi connectivity index (χ1v) is 15.8. The van der Waals surface area contributed by atoms with Gasteiger partial charge in [-0.3, -0.25) is 13.9 Å². The SMILES string of the molecule is CCCNC(=O)[C@H](Cc1ccccc1)N(Cc1ccc(Cl)c(Cl)c1)C(=O)CN(c1cc(OC)ccc1OC)S(C)(=O)=O. The van der Waals surface area contributed by atoms with Crippen molar-refractivity contribution in [2.45, 2.75) is 32.4 Å². The second-order valence-electron chi connectivity index (χ2n) is 9.57. The summed E-state index contributed by atoms with van der Waals surface area (Å²) < 4.78 is 37.8. The van der Waals surface area contributed by atoms with Gasteiger partial charge in [-0.2, -0.15) is 0 Å². The van der Waals surface area contributed by atoms with Gasteiger partial charge in [-0.1, -0.05) is 66.5 Å². The highest BCUT2D eigenvalue weighted by Crippen LogP contribution is 2.34. The third-order valence-electron chi connectivity index (χ3n) is 6.49. The van der Waals surface area contributed by atoms with E-state index >= 15 is 0 Å². The largest absolute Gasteiger partial charge is 0.497 e. The van der Waals surface area contributed by atoms with Gasteiger partial charge in [0, 0.05) is 25.6 Å². The van der Waals surface area contributed by atoms with Crippen LogP contribution in [0.1, 0.15) is 24.5 Å². The second-order valence-corrected chi connectivity index (χ2v) is 12.3. The van der Waals surface area contributed by atoms with E-state index in [0.29, 0.717) is 29.3 Å². The number of amides is 2. The van der Waals surface area contributed by atoms with Crippen LogP contribution >= 0.6 is 23.2 Å². The van der Waals surface area contributed by atoms with E-state index in [9.17, 15) is 18.0 Å². The molecule has 0 aliphatic carbocycles. The van der Waals surface area contributed by atoms with Crippen LogP contribution in [-0.2, 0) is 32.6 Å². The van der Waals surface area contributed by atoms with Gasteiger partial charge in [-0.05, 0) is 41.8 Å². The molecule has 0 saturated carbocycles. The molecule has 9 nitrogen and oxygen atoms in total. The first kappa shape index (κ1) is 33.0. The number of methoxy groups -OCH3 is 2. The standard InChI is InChI=1S/C30H35Cl2N3O6S/c1-5-15-33-30(37)27(17-21-9-7-6-8-10-21)34(19-22-11-13-24(31)25(32)16-22)29(36)20-35(42(4,38)39)26-18-23(40-2)12-14-28(26)41-3/h6-14,16,18,27H,5,15,17,19-20H2,1-4H3,(H,33,37)/t27-/m0/s1. The van der Waals surface area contributed by atoms with Gasteiger partial charge in [0.05, 0.1) is 36.2 Å². The Kier molecular flexibility index (Phi) is 11.9. The number of carbonyl (C=O) groups excluding carboxylic acids is 2. The normalized spacial score (nSPS) is 11.9. The van der Waals surface area contributed by atoms with Crippen molar-refractivity contribution in [2.24, 2.45) is 0 Å². The van der Waals surface area contributed by atoms with Crippen molar-refractivity contribution in [1.82, 2.24) is 10.2 Å². The summed E-state index contributed by atoms with van der Waals surface area (Å²) in [5.74, 6) is -0.366. The van der Waals surface area contributed by atoms with Gasteiger partial charge in [-0.15, -0.1) is 0 Å². The Morgan fingerprint density at radius 3 is 2.24 bits per heavy atom. The molecule has 0 unspecified atom stereocenters. The molecule has 3 aromatic carbocycles. The zero-order chi connectivity index (χ0) is 30.9. The van der Waals surface area contributed by atoms with Crippen LogP contribution in [0.4, 0.5) is 5.69 Å². The summed E-state index contributed by atoms with van der Waals surface area (Å²) >= 11 is 12.4. The zero-order valence-corrected chi connectivity index (χ0v) is 26.3. The maximum Gasteiger partial charge on any atom is 0.244 e. The number of hydrogen-bond acceptors (Lipinski definition) is 6. The number of hydrogen-bond donors (Lipinski definition) is 1. The first-order valence-electron chi connectivity index (χ1n) is 13.2. The minimum absolute atomic E-state index is 0.0282. The maximum absolute atomic E-state index is 14.2. The Bertz CT molecular complexity index is 1490. The molecule has 42 heavy (non-hydrogen) atoms. The fraction of sp³-hybridized carbons (Fsp3) is 0.333. The maximum atomic E-state index is 14.2. The van der Waals surface area contributed by atoms with E-state index in [4.69, 9.17) is 32.7 Å². The number of nitrogens with zero attached hydrogens (tertiary/aromatic N) is 2. The lowest BCUT2D eigenvalue weighted by molar-refractivity contribution is -0.140. The fourth-order valence-electron chi connectivity index (χ4n) is 4.34. The lowest BCUT2D eigenvalue weighted by Crippen LogP contribution is -2.53. The Balaban J connectivity index is 2.11. The minimum Gasteiger partial charge on any atom is -0.497 e. The number of ether oxygens (including phenoxy) is 2. The second kappa shape index (κ2) is 15.1. The topological polar surface area (TPSA) is 105 Å². The van der Waals surface area contributed by atoms with Crippen molar-refractivity contribution >= 4 is 50.7 Å².